The molecule has 9 nitrogen and oxygen atoms in total. The third-order valence-corrected chi connectivity index (χ3v) is 7.18. The quantitative estimate of drug-likeness (QED) is 0.379. The summed E-state index contributed by atoms with van der Waals surface area (Å²) < 4.78 is 1.19. The minimum atomic E-state index is -0.541. The minimum Gasteiger partial charge on any atom is -0.325 e. The summed E-state index contributed by atoms with van der Waals surface area (Å²) in [6, 6.07) is 25.2. The SMILES string of the molecule is O=C(CN1C(=O)/C(=c2\sc3nc(=O)c(Cc4ccccc4)nn3c2=O)c2ccccc21)Nc1ccccc1. The number of nitrogens with zero attached hydrogens (tertiary/aromatic N) is 4. The van der Waals surface area contributed by atoms with Gasteiger partial charge in [-0.2, -0.15) is 14.6 Å². The fourth-order valence-electron chi connectivity index (χ4n) is 4.41. The smallest absolute Gasteiger partial charge is 0.296 e. The topological polar surface area (TPSA) is 114 Å². The molecule has 10 heteroatoms. The van der Waals surface area contributed by atoms with Crippen LogP contribution >= 0.6 is 11.3 Å². The molecule has 3 aromatic carbocycles. The fourth-order valence-corrected chi connectivity index (χ4v) is 5.41. The number of hydrogen-bond acceptors (Lipinski definition) is 7. The molecule has 1 N–H and O–H groups in total. The molecular weight excluding hydrogens is 502 g/mol. The summed E-state index contributed by atoms with van der Waals surface area (Å²) in [5.41, 5.74) is 1.75. The lowest BCUT2D eigenvalue weighted by molar-refractivity contribution is -0.118. The van der Waals surface area contributed by atoms with Crippen LogP contribution in [0.3, 0.4) is 0 Å². The van der Waals surface area contributed by atoms with Gasteiger partial charge in [-0.05, 0) is 23.8 Å². The van der Waals surface area contributed by atoms with Gasteiger partial charge in [-0.25, -0.2) is 0 Å². The van der Waals surface area contributed by atoms with Gasteiger partial charge in [0.05, 0.1) is 11.3 Å². The second-order valence-corrected chi connectivity index (χ2v) is 9.63. The van der Waals surface area contributed by atoms with Crippen LogP contribution in [0.4, 0.5) is 11.4 Å². The predicted octanol–water partition coefficient (Wildman–Crippen LogP) is 2.01. The van der Waals surface area contributed by atoms with Crippen molar-refractivity contribution in [2.24, 2.45) is 0 Å². The normalized spacial score (nSPS) is 14.1. The van der Waals surface area contributed by atoms with E-state index in [4.69, 9.17) is 0 Å². The zero-order chi connectivity index (χ0) is 26.2. The Labute approximate surface area is 219 Å². The van der Waals surface area contributed by atoms with Gasteiger partial charge >= 0.3 is 0 Å². The molecule has 3 heterocycles. The molecule has 0 bridgehead atoms. The molecular formula is C28H19N5O4S. The Hall–Kier alpha value is -4.96. The van der Waals surface area contributed by atoms with Crippen molar-refractivity contribution in [1.29, 1.82) is 0 Å². The van der Waals surface area contributed by atoms with Crippen molar-refractivity contribution in [3.63, 3.8) is 0 Å². The zero-order valence-corrected chi connectivity index (χ0v) is 20.6. The van der Waals surface area contributed by atoms with Gasteiger partial charge in [-0.1, -0.05) is 78.1 Å². The van der Waals surface area contributed by atoms with E-state index in [2.05, 4.69) is 15.4 Å². The predicted molar refractivity (Wildman–Crippen MR) is 144 cm³/mol. The summed E-state index contributed by atoms with van der Waals surface area (Å²) in [6.07, 6.45) is 0.225. The minimum absolute atomic E-state index is 0.102. The third kappa shape index (κ3) is 4.16. The number of carbonyl (C=O) groups excluding carboxylic acids is 2. The van der Waals surface area contributed by atoms with E-state index in [1.807, 2.05) is 36.4 Å². The number of benzene rings is 3. The maximum atomic E-state index is 13.6. The van der Waals surface area contributed by atoms with Crippen molar-refractivity contribution < 1.29 is 9.59 Å². The number of carbonyl (C=O) groups is 2. The Morgan fingerprint density at radius 2 is 1.55 bits per heavy atom. The first-order valence-corrected chi connectivity index (χ1v) is 12.6. The molecule has 38 heavy (non-hydrogen) atoms. The Balaban J connectivity index is 1.42. The molecule has 5 aromatic rings. The molecule has 2 aromatic heterocycles. The molecule has 0 atom stereocenters. The summed E-state index contributed by atoms with van der Waals surface area (Å²) in [5.74, 6) is -0.857. The molecule has 0 fully saturated rings. The van der Waals surface area contributed by atoms with Crippen molar-refractivity contribution in [2.45, 2.75) is 6.42 Å². The molecule has 186 valence electrons. The lowest BCUT2D eigenvalue weighted by Crippen LogP contribution is -2.37. The summed E-state index contributed by atoms with van der Waals surface area (Å²) in [7, 11) is 0. The molecule has 0 saturated heterocycles. The average Bonchev–Trinajstić information content (AvgIpc) is 3.38. The number of aromatic nitrogens is 3. The van der Waals surface area contributed by atoms with Gasteiger partial charge in [0.2, 0.25) is 10.9 Å². The van der Waals surface area contributed by atoms with E-state index in [0.717, 1.165) is 21.4 Å². The van der Waals surface area contributed by atoms with E-state index in [1.165, 1.54) is 4.90 Å². The monoisotopic (exact) mass is 521 g/mol. The second-order valence-electron chi connectivity index (χ2n) is 8.65. The highest BCUT2D eigenvalue weighted by atomic mass is 32.1. The number of amides is 2. The van der Waals surface area contributed by atoms with Gasteiger partial charge < -0.3 is 5.32 Å². The van der Waals surface area contributed by atoms with Gasteiger partial charge in [0.25, 0.3) is 17.0 Å². The Bertz CT molecular complexity index is 1880. The van der Waals surface area contributed by atoms with Gasteiger partial charge in [0.1, 0.15) is 16.8 Å². The first-order chi connectivity index (χ1) is 18.5. The zero-order valence-electron chi connectivity index (χ0n) is 19.8. The van der Waals surface area contributed by atoms with Gasteiger partial charge in [0.15, 0.2) is 0 Å². The maximum absolute atomic E-state index is 13.6. The van der Waals surface area contributed by atoms with E-state index in [-0.39, 0.29) is 39.6 Å². The van der Waals surface area contributed by atoms with Crippen LogP contribution in [-0.2, 0) is 16.0 Å². The maximum Gasteiger partial charge on any atom is 0.296 e. The summed E-state index contributed by atoms with van der Waals surface area (Å²) in [6.45, 7) is -0.233. The summed E-state index contributed by atoms with van der Waals surface area (Å²) in [5, 5.41) is 7.07. The van der Waals surface area contributed by atoms with Crippen LogP contribution in [0.15, 0.2) is 94.5 Å². The van der Waals surface area contributed by atoms with Crippen LogP contribution < -0.4 is 25.9 Å². The number of fused-ring (bicyclic) bond motifs is 2. The van der Waals surface area contributed by atoms with Crippen molar-refractivity contribution in [3.05, 3.63) is 127 Å². The van der Waals surface area contributed by atoms with Crippen molar-refractivity contribution >= 4 is 45.1 Å². The van der Waals surface area contributed by atoms with Crippen LogP contribution in [0.5, 0.6) is 0 Å². The summed E-state index contributed by atoms with van der Waals surface area (Å²) >= 11 is 0.933. The number of rotatable bonds is 5. The first-order valence-electron chi connectivity index (χ1n) is 11.8. The molecule has 1 aliphatic heterocycles. The Morgan fingerprint density at radius 3 is 2.32 bits per heavy atom. The van der Waals surface area contributed by atoms with E-state index >= 15 is 0 Å². The second kappa shape index (κ2) is 9.49. The third-order valence-electron chi connectivity index (χ3n) is 6.15. The van der Waals surface area contributed by atoms with E-state index in [1.54, 1.807) is 48.5 Å². The van der Waals surface area contributed by atoms with Crippen LogP contribution in [0.1, 0.15) is 16.8 Å². The average molecular weight is 522 g/mol. The first kappa shape index (κ1) is 23.4. The molecule has 0 unspecified atom stereocenters. The van der Waals surface area contributed by atoms with Gasteiger partial charge in [-0.15, -0.1) is 0 Å². The van der Waals surface area contributed by atoms with Crippen LogP contribution in [0.25, 0.3) is 10.5 Å². The number of para-hydroxylation sites is 2. The highest BCUT2D eigenvalue weighted by molar-refractivity contribution is 7.15. The van der Waals surface area contributed by atoms with Crippen molar-refractivity contribution in [3.8, 4) is 0 Å². The molecule has 0 saturated carbocycles. The number of thiazole rings is 1. The highest BCUT2D eigenvalue weighted by Crippen LogP contribution is 2.35. The molecule has 0 spiro atoms. The van der Waals surface area contributed by atoms with E-state index in [0.29, 0.717) is 16.9 Å². The summed E-state index contributed by atoms with van der Waals surface area (Å²) in [4.78, 5) is 58.0. The van der Waals surface area contributed by atoms with Crippen LogP contribution in [0.2, 0.25) is 0 Å². The van der Waals surface area contributed by atoms with E-state index < -0.39 is 17.0 Å². The van der Waals surface area contributed by atoms with Crippen LogP contribution in [-0.4, -0.2) is 33.0 Å². The van der Waals surface area contributed by atoms with Crippen LogP contribution in [0, 0.1) is 0 Å². The standard InChI is InChI=1S/C28H19N5O4S/c34-22(29-18-11-5-2-6-12-18)16-32-21-14-8-7-13-19(21)23(26(32)36)24-27(37)33-28(38-24)30-25(35)20(31-33)15-17-9-3-1-4-10-17/h1-14H,15-16H2,(H,29,34)/b24-23-. The highest BCUT2D eigenvalue weighted by Gasteiger charge is 2.35. The lowest BCUT2D eigenvalue weighted by atomic mass is 10.1. The molecule has 1 aliphatic rings. The van der Waals surface area contributed by atoms with Gasteiger partial charge in [0, 0.05) is 17.7 Å². The van der Waals surface area contributed by atoms with Crippen molar-refractivity contribution in [2.75, 3.05) is 16.8 Å². The Kier molecular flexibility index (Phi) is 5.85. The molecule has 6 rings (SSSR count). The largest absolute Gasteiger partial charge is 0.325 e. The number of anilines is 2. The fraction of sp³-hybridized carbons (Fsp3) is 0.0714. The molecule has 0 radical (unpaired) electrons. The number of nitrogens with one attached hydrogen (secondary N) is 1. The van der Waals surface area contributed by atoms with Crippen molar-refractivity contribution in [1.82, 2.24) is 14.6 Å². The lowest BCUT2D eigenvalue weighted by Gasteiger charge is -2.16. The molecule has 2 amide bonds. The molecule has 0 aliphatic carbocycles. The van der Waals surface area contributed by atoms with Gasteiger partial charge in [-0.3, -0.25) is 24.1 Å². The van der Waals surface area contributed by atoms with E-state index in [9.17, 15) is 19.2 Å². The number of hydrogen-bond donors (Lipinski definition) is 1. The Morgan fingerprint density at radius 1 is 0.868 bits per heavy atom.